The number of pyridine rings is 1. The van der Waals surface area contributed by atoms with E-state index in [1.807, 2.05) is 36.2 Å². The molecule has 1 aliphatic heterocycles. The highest BCUT2D eigenvalue weighted by atomic mass is 16.5. The van der Waals surface area contributed by atoms with E-state index in [0.29, 0.717) is 25.3 Å². The van der Waals surface area contributed by atoms with Gasteiger partial charge in [-0.3, -0.25) is 9.78 Å². The monoisotopic (exact) mass is 402 g/mol. The Morgan fingerprint density at radius 2 is 1.93 bits per heavy atom. The molecule has 1 atom stereocenters. The molecule has 1 saturated heterocycles. The first-order chi connectivity index (χ1) is 14.7. The molecule has 3 aromatic rings. The quantitative estimate of drug-likeness (QED) is 0.625. The molecule has 6 nitrogen and oxygen atoms in total. The number of aromatic nitrogens is 3. The first kappa shape index (κ1) is 20.2. The second kappa shape index (κ2) is 9.59. The number of hydrogen-bond acceptors (Lipinski definition) is 5. The van der Waals surface area contributed by atoms with Crippen molar-refractivity contribution in [1.29, 1.82) is 0 Å². The Morgan fingerprint density at radius 3 is 2.73 bits per heavy atom. The normalized spacial score (nSPS) is 16.4. The zero-order valence-electron chi connectivity index (χ0n) is 17.2. The van der Waals surface area contributed by atoms with Gasteiger partial charge in [0.25, 0.3) is 5.91 Å². The Bertz CT molecular complexity index is 979. The van der Waals surface area contributed by atoms with Gasteiger partial charge in [-0.25, -0.2) is 9.97 Å². The van der Waals surface area contributed by atoms with Gasteiger partial charge in [0.05, 0.1) is 18.9 Å². The minimum absolute atomic E-state index is 0.0507. The molecule has 1 unspecified atom stereocenters. The van der Waals surface area contributed by atoms with Crippen LogP contribution in [0.25, 0.3) is 0 Å². The Balaban J connectivity index is 1.47. The largest absolute Gasteiger partial charge is 0.372 e. The Kier molecular flexibility index (Phi) is 6.44. The maximum atomic E-state index is 12.9. The molecular formula is C24H26N4O2. The van der Waals surface area contributed by atoms with Crippen LogP contribution < -0.4 is 0 Å². The third-order valence-electron chi connectivity index (χ3n) is 5.41. The van der Waals surface area contributed by atoms with Crippen LogP contribution in [-0.4, -0.2) is 38.8 Å². The highest BCUT2D eigenvalue weighted by Crippen LogP contribution is 2.29. The molecule has 0 radical (unpaired) electrons. The number of hydrogen-bond donors (Lipinski definition) is 0. The number of carbonyl (C=O) groups is 1. The van der Waals surface area contributed by atoms with E-state index in [0.717, 1.165) is 42.0 Å². The third-order valence-corrected chi connectivity index (χ3v) is 5.41. The fraction of sp³-hybridized carbons (Fsp3) is 0.333. The fourth-order valence-electron chi connectivity index (χ4n) is 3.89. The number of piperidine rings is 1. The molecule has 0 aliphatic carbocycles. The number of rotatable bonds is 6. The van der Waals surface area contributed by atoms with Crippen LogP contribution in [0.3, 0.4) is 0 Å². The second-order valence-electron chi connectivity index (χ2n) is 7.63. The van der Waals surface area contributed by atoms with Gasteiger partial charge < -0.3 is 9.64 Å². The Morgan fingerprint density at radius 1 is 1.13 bits per heavy atom. The van der Waals surface area contributed by atoms with Crippen molar-refractivity contribution in [3.05, 3.63) is 89.3 Å². The molecule has 154 valence electrons. The molecule has 1 fully saturated rings. The van der Waals surface area contributed by atoms with E-state index in [9.17, 15) is 4.79 Å². The van der Waals surface area contributed by atoms with E-state index < -0.39 is 0 Å². The molecule has 0 spiro atoms. The molecule has 3 heterocycles. The smallest absolute Gasteiger partial charge is 0.253 e. The number of ether oxygens (including phenoxy) is 1. The van der Waals surface area contributed by atoms with Crippen molar-refractivity contribution < 1.29 is 9.53 Å². The molecular weight excluding hydrogens is 376 g/mol. The van der Waals surface area contributed by atoms with Crippen molar-refractivity contribution in [2.75, 3.05) is 13.1 Å². The molecule has 0 saturated carbocycles. The summed E-state index contributed by atoms with van der Waals surface area (Å²) in [5, 5.41) is 0. The lowest BCUT2D eigenvalue weighted by Gasteiger charge is -2.33. The predicted molar refractivity (Wildman–Crippen MR) is 114 cm³/mol. The van der Waals surface area contributed by atoms with Crippen molar-refractivity contribution >= 4 is 5.91 Å². The number of carbonyl (C=O) groups excluding carboxylic acids is 1. The van der Waals surface area contributed by atoms with Gasteiger partial charge in [-0.1, -0.05) is 30.3 Å². The van der Waals surface area contributed by atoms with Gasteiger partial charge in [0.15, 0.2) is 0 Å². The summed E-state index contributed by atoms with van der Waals surface area (Å²) >= 11 is 0. The number of benzene rings is 1. The topological polar surface area (TPSA) is 68.2 Å². The third kappa shape index (κ3) is 4.89. The summed E-state index contributed by atoms with van der Waals surface area (Å²) in [4.78, 5) is 28.0. The van der Waals surface area contributed by atoms with Gasteiger partial charge >= 0.3 is 0 Å². The molecule has 1 aromatic carbocycles. The van der Waals surface area contributed by atoms with Crippen LogP contribution in [0.4, 0.5) is 0 Å². The summed E-state index contributed by atoms with van der Waals surface area (Å²) in [6.45, 7) is 4.33. The van der Waals surface area contributed by atoms with Gasteiger partial charge in [-0.15, -0.1) is 0 Å². The summed E-state index contributed by atoms with van der Waals surface area (Å²) in [6, 6.07) is 13.7. The molecule has 0 bridgehead atoms. The van der Waals surface area contributed by atoms with Crippen LogP contribution in [-0.2, 0) is 18.0 Å². The predicted octanol–water partition coefficient (Wildman–Crippen LogP) is 3.92. The van der Waals surface area contributed by atoms with E-state index in [1.165, 1.54) is 0 Å². The highest BCUT2D eigenvalue weighted by molar-refractivity contribution is 5.94. The van der Waals surface area contributed by atoms with E-state index in [2.05, 4.69) is 22.1 Å². The second-order valence-corrected chi connectivity index (χ2v) is 7.63. The number of aryl methyl sites for hydroxylation is 1. The summed E-state index contributed by atoms with van der Waals surface area (Å²) in [5.74, 6) is 0.978. The minimum Gasteiger partial charge on any atom is -0.372 e. The van der Waals surface area contributed by atoms with Crippen molar-refractivity contribution in [2.45, 2.75) is 38.9 Å². The zero-order chi connectivity index (χ0) is 20.8. The number of nitrogens with zero attached hydrogens (tertiary/aromatic N) is 4. The van der Waals surface area contributed by atoms with Crippen LogP contribution in [0.15, 0.2) is 61.1 Å². The molecule has 30 heavy (non-hydrogen) atoms. The molecule has 2 aromatic heterocycles. The number of likely N-dealkylation sites (tertiary alicyclic amines) is 1. The summed E-state index contributed by atoms with van der Waals surface area (Å²) in [7, 11) is 0. The highest BCUT2D eigenvalue weighted by Gasteiger charge is 2.28. The molecule has 0 N–H and O–H groups in total. The Hall–Kier alpha value is -3.12. The summed E-state index contributed by atoms with van der Waals surface area (Å²) < 4.78 is 5.95. The fourth-order valence-corrected chi connectivity index (χ4v) is 3.89. The summed E-state index contributed by atoms with van der Waals surface area (Å²) in [5.41, 5.74) is 3.82. The first-order valence-corrected chi connectivity index (χ1v) is 10.3. The SMILES string of the molecule is Cc1ncc(COCc2ccccc2)c(C2CCCN(C(=O)c3ccncc3)C2)n1. The van der Waals surface area contributed by atoms with Gasteiger partial charge in [0.1, 0.15) is 5.82 Å². The van der Waals surface area contributed by atoms with Crippen LogP contribution >= 0.6 is 0 Å². The lowest BCUT2D eigenvalue weighted by molar-refractivity contribution is 0.0703. The maximum Gasteiger partial charge on any atom is 0.253 e. The lowest BCUT2D eigenvalue weighted by Crippen LogP contribution is -2.39. The van der Waals surface area contributed by atoms with E-state index >= 15 is 0 Å². The zero-order valence-corrected chi connectivity index (χ0v) is 17.2. The molecule has 4 rings (SSSR count). The van der Waals surface area contributed by atoms with E-state index in [4.69, 9.17) is 9.72 Å². The van der Waals surface area contributed by atoms with Gasteiger partial charge in [-0.05, 0) is 37.5 Å². The molecule has 1 aliphatic rings. The van der Waals surface area contributed by atoms with Gasteiger partial charge in [0, 0.05) is 48.7 Å². The average molecular weight is 402 g/mol. The minimum atomic E-state index is 0.0507. The summed E-state index contributed by atoms with van der Waals surface area (Å²) in [6.07, 6.45) is 7.14. The van der Waals surface area contributed by atoms with Crippen LogP contribution in [0.5, 0.6) is 0 Å². The van der Waals surface area contributed by atoms with Crippen molar-refractivity contribution in [3.63, 3.8) is 0 Å². The van der Waals surface area contributed by atoms with Crippen molar-refractivity contribution in [1.82, 2.24) is 19.9 Å². The first-order valence-electron chi connectivity index (χ1n) is 10.3. The van der Waals surface area contributed by atoms with Gasteiger partial charge in [-0.2, -0.15) is 0 Å². The standard InChI is InChI=1S/C24H26N4O2/c1-18-26-14-22(17-30-16-19-6-3-2-4-7-19)23(27-18)21-8-5-13-28(15-21)24(29)20-9-11-25-12-10-20/h2-4,6-7,9-12,14,21H,5,8,13,15-17H2,1H3. The van der Waals surface area contributed by atoms with Gasteiger partial charge in [0.2, 0.25) is 0 Å². The number of amides is 1. The van der Waals surface area contributed by atoms with Crippen LogP contribution in [0.2, 0.25) is 0 Å². The van der Waals surface area contributed by atoms with Crippen LogP contribution in [0, 0.1) is 6.92 Å². The maximum absolute atomic E-state index is 12.9. The van der Waals surface area contributed by atoms with Crippen molar-refractivity contribution in [2.24, 2.45) is 0 Å². The van der Waals surface area contributed by atoms with E-state index in [-0.39, 0.29) is 11.8 Å². The van der Waals surface area contributed by atoms with Crippen molar-refractivity contribution in [3.8, 4) is 0 Å². The van der Waals surface area contributed by atoms with Crippen LogP contribution in [0.1, 0.15) is 51.8 Å². The lowest BCUT2D eigenvalue weighted by atomic mass is 9.91. The average Bonchev–Trinajstić information content (AvgIpc) is 2.81. The Labute approximate surface area is 177 Å². The molecule has 1 amide bonds. The molecule has 6 heteroatoms. The van der Waals surface area contributed by atoms with E-state index in [1.54, 1.807) is 24.5 Å².